The first-order valence-electron chi connectivity index (χ1n) is 14.2. The number of aryl methyl sites for hydroxylation is 1. The number of pyridine rings is 1. The molecule has 2 atom stereocenters. The summed E-state index contributed by atoms with van der Waals surface area (Å²) in [6.45, 7) is 6.16. The molecule has 4 heterocycles. The largest absolute Gasteiger partial charge is 0.418 e. The molecule has 1 unspecified atom stereocenters. The smallest absolute Gasteiger partial charge is 0.299 e. The monoisotopic (exact) mass is 579 g/mol. The van der Waals surface area contributed by atoms with Crippen molar-refractivity contribution in [2.75, 3.05) is 13.1 Å². The Labute approximate surface area is 240 Å². The highest BCUT2D eigenvalue weighted by atomic mass is 32.1. The van der Waals surface area contributed by atoms with Crippen LogP contribution in [0.5, 0.6) is 0 Å². The van der Waals surface area contributed by atoms with Gasteiger partial charge in [0.1, 0.15) is 6.07 Å². The van der Waals surface area contributed by atoms with E-state index in [1.54, 1.807) is 12.3 Å². The lowest BCUT2D eigenvalue weighted by Crippen LogP contribution is -2.34. The van der Waals surface area contributed by atoms with Gasteiger partial charge in [-0.05, 0) is 80.3 Å². The van der Waals surface area contributed by atoms with Gasteiger partial charge in [0.15, 0.2) is 5.01 Å². The number of imidazole rings is 1. The predicted molar refractivity (Wildman–Crippen MR) is 152 cm³/mol. The number of thiazole rings is 1. The number of halogens is 3. The number of hydrogen-bond donors (Lipinski definition) is 0. The van der Waals surface area contributed by atoms with Crippen LogP contribution < -0.4 is 5.69 Å². The van der Waals surface area contributed by atoms with Crippen molar-refractivity contribution < 1.29 is 13.2 Å². The van der Waals surface area contributed by atoms with Crippen LogP contribution in [0, 0.1) is 30.1 Å². The summed E-state index contributed by atoms with van der Waals surface area (Å²) in [5, 5.41) is 9.83. The van der Waals surface area contributed by atoms with Crippen LogP contribution in [0.2, 0.25) is 0 Å². The Morgan fingerprint density at radius 2 is 1.98 bits per heavy atom. The van der Waals surface area contributed by atoms with Gasteiger partial charge < -0.3 is 0 Å². The molecule has 10 heteroatoms. The summed E-state index contributed by atoms with van der Waals surface area (Å²) in [6.07, 6.45) is 3.60. The second-order valence-electron chi connectivity index (χ2n) is 11.6. The van der Waals surface area contributed by atoms with E-state index in [0.29, 0.717) is 34.6 Å². The highest BCUT2D eigenvalue weighted by Crippen LogP contribution is 2.45. The Balaban J connectivity index is 1.43. The van der Waals surface area contributed by atoms with Gasteiger partial charge in [0.2, 0.25) is 0 Å². The maximum atomic E-state index is 14.3. The number of nitriles is 1. The number of rotatable bonds is 6. The standard InChI is InChI=1S/C31H32F3N5OS/c1-19-6-5-11-37(15-19)16-21-12-25(31(32,33)34)26-18-38(30(40)39(26)17-21)24-10-4-9-23(13-24)28(22-7-3-8-22)29-20(2)41-27(14-35)36-29/h4,9-10,12-13,17-19,22,28H,3,5-8,11,15-16H2,1-2H3/t19-,28?/m0/s1. The van der Waals surface area contributed by atoms with Crippen molar-refractivity contribution in [2.45, 2.75) is 64.6 Å². The van der Waals surface area contributed by atoms with E-state index in [1.165, 1.54) is 28.2 Å². The Kier molecular flexibility index (Phi) is 7.28. The third-order valence-corrected chi connectivity index (χ3v) is 9.52. The van der Waals surface area contributed by atoms with E-state index < -0.39 is 17.4 Å². The third-order valence-electron chi connectivity index (χ3n) is 8.63. The lowest BCUT2D eigenvalue weighted by atomic mass is 9.71. The number of alkyl halides is 3. The number of benzene rings is 1. The molecule has 1 aliphatic carbocycles. The van der Waals surface area contributed by atoms with Gasteiger partial charge in [-0.15, -0.1) is 11.3 Å². The van der Waals surface area contributed by atoms with Gasteiger partial charge in [0.25, 0.3) is 0 Å². The van der Waals surface area contributed by atoms with Crippen LogP contribution >= 0.6 is 11.3 Å². The van der Waals surface area contributed by atoms with Crippen LogP contribution in [-0.2, 0) is 12.7 Å². The summed E-state index contributed by atoms with van der Waals surface area (Å²) in [5.74, 6) is 0.812. The molecule has 6 nitrogen and oxygen atoms in total. The normalized spacial score (nSPS) is 19.3. The fraction of sp³-hybridized carbons (Fsp3) is 0.452. The number of piperidine rings is 1. The Hall–Kier alpha value is -3.42. The van der Waals surface area contributed by atoms with Crippen LogP contribution in [-0.4, -0.2) is 31.9 Å². The van der Waals surface area contributed by atoms with E-state index in [2.05, 4.69) is 22.9 Å². The molecular weight excluding hydrogens is 547 g/mol. The zero-order chi connectivity index (χ0) is 28.9. The summed E-state index contributed by atoms with van der Waals surface area (Å²) in [6, 6.07) is 10.8. The molecule has 3 aromatic heterocycles. The van der Waals surface area contributed by atoms with Gasteiger partial charge >= 0.3 is 11.9 Å². The van der Waals surface area contributed by atoms with E-state index in [1.807, 2.05) is 25.1 Å². The number of nitrogens with zero attached hydrogens (tertiary/aromatic N) is 5. The van der Waals surface area contributed by atoms with Crippen LogP contribution in [0.4, 0.5) is 13.2 Å². The first kappa shape index (κ1) is 27.7. The first-order chi connectivity index (χ1) is 19.6. The Bertz CT molecular complexity index is 1690. The van der Waals surface area contributed by atoms with Crippen LogP contribution in [0.25, 0.3) is 11.2 Å². The SMILES string of the molecule is Cc1sc(C#N)nc1C(c1cccc(-n2cc3c(C(F)(F)F)cc(CN4CCC[C@H](C)C4)cn3c2=O)c1)C1CCC1. The van der Waals surface area contributed by atoms with Crippen molar-refractivity contribution in [1.29, 1.82) is 5.26 Å². The van der Waals surface area contributed by atoms with Crippen molar-refractivity contribution in [3.8, 4) is 11.8 Å². The Morgan fingerprint density at radius 3 is 2.63 bits per heavy atom. The molecule has 2 aliphatic rings. The molecule has 1 aliphatic heterocycles. The molecular formula is C31H32F3N5OS. The van der Waals surface area contributed by atoms with Gasteiger partial charge in [-0.2, -0.15) is 18.4 Å². The molecule has 2 fully saturated rings. The first-order valence-corrected chi connectivity index (χ1v) is 15.0. The van der Waals surface area contributed by atoms with Crippen molar-refractivity contribution >= 4 is 16.9 Å². The topological polar surface area (TPSA) is 66.3 Å². The van der Waals surface area contributed by atoms with E-state index in [-0.39, 0.29) is 11.4 Å². The van der Waals surface area contributed by atoms with E-state index >= 15 is 0 Å². The lowest BCUT2D eigenvalue weighted by Gasteiger charge is -2.34. The molecule has 0 spiro atoms. The molecule has 4 aromatic rings. The highest BCUT2D eigenvalue weighted by molar-refractivity contribution is 7.12. The number of aromatic nitrogens is 3. The van der Waals surface area contributed by atoms with E-state index in [9.17, 15) is 23.2 Å². The Morgan fingerprint density at radius 1 is 1.17 bits per heavy atom. The molecule has 1 aromatic carbocycles. The summed E-state index contributed by atoms with van der Waals surface area (Å²) in [7, 11) is 0. The number of likely N-dealkylation sites (tertiary alicyclic amines) is 1. The van der Waals surface area contributed by atoms with Crippen LogP contribution in [0.1, 0.15) is 77.2 Å². The molecule has 0 bridgehead atoms. The summed E-state index contributed by atoms with van der Waals surface area (Å²) in [5.41, 5.74) is 1.31. The van der Waals surface area contributed by atoms with Gasteiger partial charge in [0, 0.05) is 36.3 Å². The fourth-order valence-corrected chi connectivity index (χ4v) is 7.23. The number of fused-ring (bicyclic) bond motifs is 1. The third kappa shape index (κ3) is 5.33. The predicted octanol–water partition coefficient (Wildman–Crippen LogP) is 6.91. The van der Waals surface area contributed by atoms with Gasteiger partial charge in [-0.3, -0.25) is 13.9 Å². The van der Waals surface area contributed by atoms with Crippen molar-refractivity contribution in [3.05, 3.63) is 85.5 Å². The van der Waals surface area contributed by atoms with Crippen LogP contribution in [0.3, 0.4) is 0 Å². The summed E-state index contributed by atoms with van der Waals surface area (Å²) in [4.78, 5) is 21.4. The molecule has 6 rings (SSSR count). The summed E-state index contributed by atoms with van der Waals surface area (Å²) < 4.78 is 45.3. The van der Waals surface area contributed by atoms with E-state index in [0.717, 1.165) is 65.7 Å². The van der Waals surface area contributed by atoms with Gasteiger partial charge in [-0.25, -0.2) is 9.78 Å². The fourth-order valence-electron chi connectivity index (χ4n) is 6.47. The summed E-state index contributed by atoms with van der Waals surface area (Å²) >= 11 is 1.37. The molecule has 0 amide bonds. The van der Waals surface area contributed by atoms with E-state index in [4.69, 9.17) is 0 Å². The average Bonchev–Trinajstić information content (AvgIpc) is 3.44. The lowest BCUT2D eigenvalue weighted by molar-refractivity contribution is -0.136. The zero-order valence-corrected chi connectivity index (χ0v) is 23.9. The molecule has 1 saturated heterocycles. The minimum Gasteiger partial charge on any atom is -0.299 e. The molecule has 0 radical (unpaired) electrons. The van der Waals surface area contributed by atoms with Crippen molar-refractivity contribution in [1.82, 2.24) is 18.9 Å². The second kappa shape index (κ2) is 10.8. The second-order valence-corrected chi connectivity index (χ2v) is 12.8. The van der Waals surface area contributed by atoms with Gasteiger partial charge in [0.05, 0.1) is 22.5 Å². The average molecular weight is 580 g/mol. The highest BCUT2D eigenvalue weighted by Gasteiger charge is 2.36. The minimum absolute atomic E-state index is 0.0425. The quantitative estimate of drug-likeness (QED) is 0.249. The molecule has 0 N–H and O–H groups in total. The zero-order valence-electron chi connectivity index (χ0n) is 23.1. The minimum atomic E-state index is -4.60. The van der Waals surface area contributed by atoms with Crippen molar-refractivity contribution in [3.63, 3.8) is 0 Å². The van der Waals surface area contributed by atoms with Crippen molar-refractivity contribution in [2.24, 2.45) is 11.8 Å². The maximum Gasteiger partial charge on any atom is 0.418 e. The molecule has 41 heavy (non-hydrogen) atoms. The van der Waals surface area contributed by atoms with Crippen LogP contribution in [0.15, 0.2) is 47.5 Å². The van der Waals surface area contributed by atoms with Gasteiger partial charge in [-0.1, -0.05) is 25.5 Å². The molecule has 1 saturated carbocycles. The number of hydrogen-bond acceptors (Lipinski definition) is 5. The maximum absolute atomic E-state index is 14.3. The molecule has 214 valence electrons.